The van der Waals surface area contributed by atoms with Gasteiger partial charge in [-0.3, -0.25) is 0 Å². The van der Waals surface area contributed by atoms with Crippen LogP contribution in [0.25, 0.3) is 0 Å². The third kappa shape index (κ3) is 3.98. The molecule has 0 spiro atoms. The maximum atomic E-state index is 3.87. The maximum Gasteiger partial charge on any atom is 0.0146 e. The van der Waals surface area contributed by atoms with Gasteiger partial charge in [0.2, 0.25) is 0 Å². The molecule has 4 atom stereocenters. The first-order valence-corrected chi connectivity index (χ1v) is 8.15. The monoisotopic (exact) mass is 253 g/mol. The van der Waals surface area contributed by atoms with Crippen molar-refractivity contribution >= 4 is 0 Å². The van der Waals surface area contributed by atoms with Gasteiger partial charge in [-0.1, -0.05) is 48.0 Å². The van der Waals surface area contributed by atoms with E-state index < -0.39 is 0 Å². The van der Waals surface area contributed by atoms with Gasteiger partial charge in [-0.25, -0.2) is 0 Å². The normalized spacial score (nSPS) is 31.3. The second-order valence-corrected chi connectivity index (χ2v) is 7.30. The molecule has 1 N–H and O–H groups in total. The fraction of sp³-hybridized carbons (Fsp3) is 1.00. The number of hydrogen-bond acceptors (Lipinski definition) is 1. The average Bonchev–Trinajstić information content (AvgIpc) is 2.34. The minimum atomic E-state index is 0.431. The highest BCUT2D eigenvalue weighted by atomic mass is 14.9. The molecular formula is C17H35N. The van der Waals surface area contributed by atoms with Gasteiger partial charge in [0.15, 0.2) is 0 Å². The molecule has 1 aliphatic carbocycles. The molecule has 1 heteroatoms. The number of nitrogens with one attached hydrogen (secondary N) is 1. The summed E-state index contributed by atoms with van der Waals surface area (Å²) < 4.78 is 0. The maximum absolute atomic E-state index is 3.87. The largest absolute Gasteiger partial charge is 0.313 e. The van der Waals surface area contributed by atoms with Gasteiger partial charge in [0, 0.05) is 6.04 Å². The molecule has 1 rings (SSSR count). The van der Waals surface area contributed by atoms with Crippen molar-refractivity contribution in [3.63, 3.8) is 0 Å². The smallest absolute Gasteiger partial charge is 0.0146 e. The second kappa shape index (κ2) is 6.93. The molecule has 0 aromatic rings. The standard InChI is InChI=1S/C17H35N/c1-7-11-18-16(17(5,6)8-2)15-10-9-13(3)14(4)12-15/h13-16,18H,7-12H2,1-6H3. The summed E-state index contributed by atoms with van der Waals surface area (Å²) in [5.41, 5.74) is 0.431. The lowest BCUT2D eigenvalue weighted by Gasteiger charge is -2.44. The second-order valence-electron chi connectivity index (χ2n) is 7.30. The minimum absolute atomic E-state index is 0.431. The minimum Gasteiger partial charge on any atom is -0.313 e. The van der Waals surface area contributed by atoms with Crippen LogP contribution in [0.1, 0.15) is 73.6 Å². The zero-order valence-electron chi connectivity index (χ0n) is 13.6. The molecular weight excluding hydrogens is 218 g/mol. The number of rotatable bonds is 6. The predicted octanol–water partition coefficient (Wildman–Crippen LogP) is 4.86. The molecule has 0 saturated heterocycles. The molecule has 1 saturated carbocycles. The summed E-state index contributed by atoms with van der Waals surface area (Å²) in [5.74, 6) is 2.72. The third-order valence-corrected chi connectivity index (χ3v) is 5.48. The van der Waals surface area contributed by atoms with Crippen LogP contribution in [0.3, 0.4) is 0 Å². The number of hydrogen-bond donors (Lipinski definition) is 1. The fourth-order valence-electron chi connectivity index (χ4n) is 3.49. The van der Waals surface area contributed by atoms with Crippen LogP contribution in [-0.2, 0) is 0 Å². The summed E-state index contributed by atoms with van der Waals surface area (Å²) in [4.78, 5) is 0. The van der Waals surface area contributed by atoms with E-state index in [4.69, 9.17) is 0 Å². The summed E-state index contributed by atoms with van der Waals surface area (Å²) in [6.45, 7) is 15.6. The van der Waals surface area contributed by atoms with E-state index in [-0.39, 0.29) is 0 Å². The molecule has 0 aliphatic heterocycles. The Kier molecular flexibility index (Phi) is 6.17. The fourth-order valence-corrected chi connectivity index (χ4v) is 3.49. The predicted molar refractivity (Wildman–Crippen MR) is 81.8 cm³/mol. The molecule has 4 unspecified atom stereocenters. The van der Waals surface area contributed by atoms with E-state index in [1.54, 1.807) is 0 Å². The first-order valence-electron chi connectivity index (χ1n) is 8.15. The quantitative estimate of drug-likeness (QED) is 0.712. The Balaban J connectivity index is 2.70. The molecule has 0 aromatic carbocycles. The molecule has 18 heavy (non-hydrogen) atoms. The van der Waals surface area contributed by atoms with E-state index in [1.165, 1.54) is 38.6 Å². The van der Waals surface area contributed by atoms with Crippen LogP contribution < -0.4 is 5.32 Å². The zero-order chi connectivity index (χ0) is 13.8. The molecule has 1 nitrogen and oxygen atoms in total. The van der Waals surface area contributed by atoms with Crippen molar-refractivity contribution in [3.05, 3.63) is 0 Å². The van der Waals surface area contributed by atoms with Crippen LogP contribution in [0.5, 0.6) is 0 Å². The lowest BCUT2D eigenvalue weighted by Crippen LogP contribution is -2.49. The Morgan fingerprint density at radius 3 is 2.28 bits per heavy atom. The molecule has 1 fully saturated rings. The molecule has 1 aliphatic rings. The van der Waals surface area contributed by atoms with Crippen LogP contribution >= 0.6 is 0 Å². The highest BCUT2D eigenvalue weighted by Gasteiger charge is 2.37. The summed E-state index contributed by atoms with van der Waals surface area (Å²) in [5, 5.41) is 3.87. The highest BCUT2D eigenvalue weighted by Crippen LogP contribution is 2.40. The van der Waals surface area contributed by atoms with Crippen molar-refractivity contribution in [3.8, 4) is 0 Å². The summed E-state index contributed by atoms with van der Waals surface area (Å²) >= 11 is 0. The Labute approximate surface area is 115 Å². The molecule has 0 amide bonds. The molecule has 0 heterocycles. The van der Waals surface area contributed by atoms with E-state index in [2.05, 4.69) is 46.9 Å². The van der Waals surface area contributed by atoms with E-state index in [0.717, 1.165) is 17.8 Å². The van der Waals surface area contributed by atoms with Gasteiger partial charge in [-0.2, -0.15) is 0 Å². The van der Waals surface area contributed by atoms with Gasteiger partial charge in [0.05, 0.1) is 0 Å². The Hall–Kier alpha value is -0.0400. The topological polar surface area (TPSA) is 12.0 Å². The molecule has 0 radical (unpaired) electrons. The van der Waals surface area contributed by atoms with Gasteiger partial charge in [0.1, 0.15) is 0 Å². The van der Waals surface area contributed by atoms with Crippen LogP contribution in [0.15, 0.2) is 0 Å². The Morgan fingerprint density at radius 2 is 1.78 bits per heavy atom. The van der Waals surface area contributed by atoms with Crippen molar-refractivity contribution in [2.45, 2.75) is 79.7 Å². The van der Waals surface area contributed by atoms with E-state index in [9.17, 15) is 0 Å². The molecule has 0 aromatic heterocycles. The van der Waals surface area contributed by atoms with Crippen LogP contribution in [0.4, 0.5) is 0 Å². The van der Waals surface area contributed by atoms with Gasteiger partial charge >= 0.3 is 0 Å². The molecule has 0 bridgehead atoms. The van der Waals surface area contributed by atoms with Crippen molar-refractivity contribution in [2.24, 2.45) is 23.2 Å². The highest BCUT2D eigenvalue weighted by molar-refractivity contribution is 4.91. The van der Waals surface area contributed by atoms with E-state index in [0.29, 0.717) is 11.5 Å². The Morgan fingerprint density at radius 1 is 1.11 bits per heavy atom. The first-order chi connectivity index (χ1) is 8.42. The van der Waals surface area contributed by atoms with Gasteiger partial charge in [0.25, 0.3) is 0 Å². The lowest BCUT2D eigenvalue weighted by molar-refractivity contribution is 0.0995. The molecule has 108 valence electrons. The third-order valence-electron chi connectivity index (χ3n) is 5.48. The lowest BCUT2D eigenvalue weighted by atomic mass is 9.66. The summed E-state index contributed by atoms with van der Waals surface area (Å²) in [6.07, 6.45) is 6.79. The van der Waals surface area contributed by atoms with Crippen molar-refractivity contribution in [1.29, 1.82) is 0 Å². The first kappa shape index (κ1) is 16.0. The van der Waals surface area contributed by atoms with Crippen LogP contribution in [0, 0.1) is 23.2 Å². The van der Waals surface area contributed by atoms with Crippen molar-refractivity contribution in [1.82, 2.24) is 5.32 Å². The van der Waals surface area contributed by atoms with Crippen molar-refractivity contribution < 1.29 is 0 Å². The summed E-state index contributed by atoms with van der Waals surface area (Å²) in [7, 11) is 0. The zero-order valence-corrected chi connectivity index (χ0v) is 13.6. The van der Waals surface area contributed by atoms with Crippen LogP contribution in [-0.4, -0.2) is 12.6 Å². The van der Waals surface area contributed by atoms with Gasteiger partial charge < -0.3 is 5.32 Å². The Bertz CT molecular complexity index is 234. The van der Waals surface area contributed by atoms with Gasteiger partial charge in [-0.05, 0) is 55.4 Å². The van der Waals surface area contributed by atoms with E-state index >= 15 is 0 Å². The average molecular weight is 253 g/mol. The van der Waals surface area contributed by atoms with Crippen molar-refractivity contribution in [2.75, 3.05) is 6.54 Å². The van der Waals surface area contributed by atoms with Crippen LogP contribution in [0.2, 0.25) is 0 Å². The SMILES string of the molecule is CCCNC(C1CCC(C)C(C)C1)C(C)(C)CC. The van der Waals surface area contributed by atoms with E-state index in [1.807, 2.05) is 0 Å². The summed E-state index contributed by atoms with van der Waals surface area (Å²) in [6, 6.07) is 0.706. The van der Waals surface area contributed by atoms with Gasteiger partial charge in [-0.15, -0.1) is 0 Å².